The molecular weight excluding hydrogens is 296 g/mol. The van der Waals surface area contributed by atoms with Gasteiger partial charge in [-0.1, -0.05) is 0 Å². The highest BCUT2D eigenvalue weighted by Gasteiger charge is 2.33. The Bertz CT molecular complexity index is 737. The zero-order valence-electron chi connectivity index (χ0n) is 13.0. The molecular formula is C17H20N2O4. The van der Waals surface area contributed by atoms with Crippen LogP contribution in [0.5, 0.6) is 5.75 Å². The van der Waals surface area contributed by atoms with Gasteiger partial charge in [-0.25, -0.2) is 4.79 Å². The predicted molar refractivity (Wildman–Crippen MR) is 85.8 cm³/mol. The summed E-state index contributed by atoms with van der Waals surface area (Å²) in [5.74, 6) is -0.457. The molecule has 1 aliphatic rings. The summed E-state index contributed by atoms with van der Waals surface area (Å²) >= 11 is 0. The van der Waals surface area contributed by atoms with Crippen LogP contribution >= 0.6 is 0 Å². The normalized spacial score (nSPS) is 18.1. The average molecular weight is 316 g/mol. The molecule has 1 fully saturated rings. The topological polar surface area (TPSA) is 82.6 Å². The first kappa shape index (κ1) is 15.4. The number of carboxylic acid groups (broad SMARTS) is 1. The first-order valence-corrected chi connectivity index (χ1v) is 7.89. The van der Waals surface area contributed by atoms with Crippen LogP contribution in [0.4, 0.5) is 0 Å². The fourth-order valence-corrected chi connectivity index (χ4v) is 3.06. The predicted octanol–water partition coefficient (Wildman–Crippen LogP) is 2.65. The van der Waals surface area contributed by atoms with Crippen LogP contribution in [0.1, 0.15) is 36.7 Å². The van der Waals surface area contributed by atoms with Crippen molar-refractivity contribution in [2.45, 2.75) is 32.2 Å². The highest BCUT2D eigenvalue weighted by Crippen LogP contribution is 2.24. The third-order valence-corrected chi connectivity index (χ3v) is 4.18. The van der Waals surface area contributed by atoms with Crippen LogP contribution in [-0.4, -0.2) is 46.1 Å². The van der Waals surface area contributed by atoms with Gasteiger partial charge in [-0.15, -0.1) is 0 Å². The largest absolute Gasteiger partial charge is 0.494 e. The minimum absolute atomic E-state index is 0.258. The average Bonchev–Trinajstić information content (AvgIpc) is 2.97. The number of carbonyl (C=O) groups is 2. The molecule has 0 aliphatic carbocycles. The number of piperidine rings is 1. The molecule has 0 unspecified atom stereocenters. The number of aliphatic carboxylic acids is 1. The second-order valence-electron chi connectivity index (χ2n) is 5.71. The van der Waals surface area contributed by atoms with Crippen molar-refractivity contribution >= 4 is 22.8 Å². The lowest BCUT2D eigenvalue weighted by Gasteiger charge is -2.32. The van der Waals surface area contributed by atoms with E-state index < -0.39 is 12.0 Å². The zero-order chi connectivity index (χ0) is 16.4. The van der Waals surface area contributed by atoms with Crippen molar-refractivity contribution in [2.24, 2.45) is 0 Å². The lowest BCUT2D eigenvalue weighted by atomic mass is 10.0. The van der Waals surface area contributed by atoms with Crippen molar-refractivity contribution in [3.63, 3.8) is 0 Å². The van der Waals surface area contributed by atoms with E-state index >= 15 is 0 Å². The Morgan fingerprint density at radius 1 is 1.35 bits per heavy atom. The molecule has 23 heavy (non-hydrogen) atoms. The molecule has 2 aromatic rings. The Hall–Kier alpha value is -2.50. The van der Waals surface area contributed by atoms with E-state index in [9.17, 15) is 14.7 Å². The van der Waals surface area contributed by atoms with Gasteiger partial charge in [0, 0.05) is 23.5 Å². The van der Waals surface area contributed by atoms with E-state index in [-0.39, 0.29) is 5.91 Å². The van der Waals surface area contributed by atoms with E-state index in [4.69, 9.17) is 4.74 Å². The smallest absolute Gasteiger partial charge is 0.326 e. The Morgan fingerprint density at radius 3 is 2.91 bits per heavy atom. The number of carboxylic acids is 1. The fourth-order valence-electron chi connectivity index (χ4n) is 3.06. The van der Waals surface area contributed by atoms with Gasteiger partial charge in [-0.3, -0.25) is 4.79 Å². The molecule has 6 nitrogen and oxygen atoms in total. The Labute approximate surface area is 134 Å². The van der Waals surface area contributed by atoms with Crippen molar-refractivity contribution in [2.75, 3.05) is 13.2 Å². The molecule has 0 spiro atoms. The molecule has 1 atom stereocenters. The molecule has 3 rings (SSSR count). The lowest BCUT2D eigenvalue weighted by Crippen LogP contribution is -2.48. The second-order valence-corrected chi connectivity index (χ2v) is 5.71. The molecule has 1 aromatic carbocycles. The van der Waals surface area contributed by atoms with Crippen molar-refractivity contribution in [3.8, 4) is 5.75 Å². The summed E-state index contributed by atoms with van der Waals surface area (Å²) in [6, 6.07) is 6.62. The highest BCUT2D eigenvalue weighted by molar-refractivity contribution is 5.99. The number of likely N-dealkylation sites (tertiary alicyclic amines) is 1. The van der Waals surface area contributed by atoms with Crippen LogP contribution in [0.2, 0.25) is 0 Å². The first-order valence-electron chi connectivity index (χ1n) is 7.89. The Kier molecular flexibility index (Phi) is 4.23. The number of amides is 1. The van der Waals surface area contributed by atoms with Gasteiger partial charge < -0.3 is 19.7 Å². The van der Waals surface area contributed by atoms with E-state index in [2.05, 4.69) is 4.98 Å². The van der Waals surface area contributed by atoms with Gasteiger partial charge in [0.2, 0.25) is 0 Å². The van der Waals surface area contributed by atoms with E-state index in [1.54, 1.807) is 6.07 Å². The molecule has 1 aromatic heterocycles. The van der Waals surface area contributed by atoms with E-state index in [0.29, 0.717) is 25.3 Å². The number of benzene rings is 1. The zero-order valence-corrected chi connectivity index (χ0v) is 13.0. The maximum Gasteiger partial charge on any atom is 0.326 e. The number of hydrogen-bond acceptors (Lipinski definition) is 3. The quantitative estimate of drug-likeness (QED) is 0.908. The van der Waals surface area contributed by atoms with Crippen molar-refractivity contribution in [1.29, 1.82) is 0 Å². The van der Waals surface area contributed by atoms with Crippen LogP contribution in [0, 0.1) is 0 Å². The summed E-state index contributed by atoms with van der Waals surface area (Å²) in [6.45, 7) is 2.97. The molecule has 1 amide bonds. The SMILES string of the molecule is CCOc1ccc2cc(C(=O)N3CCCC[C@H]3C(=O)O)[nH]c2c1. The molecule has 6 heteroatoms. The fraction of sp³-hybridized carbons (Fsp3) is 0.412. The van der Waals surface area contributed by atoms with Gasteiger partial charge in [0.25, 0.3) is 5.91 Å². The number of fused-ring (bicyclic) bond motifs is 1. The summed E-state index contributed by atoms with van der Waals surface area (Å²) in [6.07, 6.45) is 2.19. The van der Waals surface area contributed by atoms with Gasteiger partial charge in [0.1, 0.15) is 17.5 Å². The van der Waals surface area contributed by atoms with Gasteiger partial charge in [0.05, 0.1) is 6.61 Å². The van der Waals surface area contributed by atoms with Crippen LogP contribution in [0.25, 0.3) is 10.9 Å². The minimum atomic E-state index is -0.937. The van der Waals surface area contributed by atoms with Gasteiger partial charge in [-0.05, 0) is 44.4 Å². The standard InChI is InChI=1S/C17H20N2O4/c1-2-23-12-7-6-11-9-14(18-13(11)10-12)16(20)19-8-4-3-5-15(19)17(21)22/h6-7,9-10,15,18H,2-5,8H2,1H3,(H,21,22)/t15-/m0/s1. The maximum atomic E-state index is 12.7. The van der Waals surface area contributed by atoms with Crippen molar-refractivity contribution in [1.82, 2.24) is 9.88 Å². The van der Waals surface area contributed by atoms with E-state index in [1.807, 2.05) is 25.1 Å². The number of carbonyl (C=O) groups excluding carboxylic acids is 1. The summed E-state index contributed by atoms with van der Waals surface area (Å²) in [5, 5.41) is 10.2. The van der Waals surface area contributed by atoms with Gasteiger partial charge in [0.15, 0.2) is 0 Å². The number of aromatic nitrogens is 1. The van der Waals surface area contributed by atoms with Gasteiger partial charge in [-0.2, -0.15) is 0 Å². The molecule has 1 aliphatic heterocycles. The molecule has 0 radical (unpaired) electrons. The Morgan fingerprint density at radius 2 is 2.17 bits per heavy atom. The lowest BCUT2D eigenvalue weighted by molar-refractivity contribution is -0.143. The third kappa shape index (κ3) is 3.02. The number of hydrogen-bond donors (Lipinski definition) is 2. The number of H-pyrrole nitrogens is 1. The number of nitrogens with zero attached hydrogens (tertiary/aromatic N) is 1. The van der Waals surface area contributed by atoms with E-state index in [0.717, 1.165) is 29.5 Å². The monoisotopic (exact) mass is 316 g/mol. The van der Waals surface area contributed by atoms with Gasteiger partial charge >= 0.3 is 5.97 Å². The van der Waals surface area contributed by atoms with Crippen LogP contribution in [-0.2, 0) is 4.79 Å². The van der Waals surface area contributed by atoms with Crippen molar-refractivity contribution < 1.29 is 19.4 Å². The van der Waals surface area contributed by atoms with E-state index in [1.165, 1.54) is 4.90 Å². The number of ether oxygens (including phenoxy) is 1. The molecule has 0 bridgehead atoms. The van der Waals surface area contributed by atoms with Crippen LogP contribution < -0.4 is 4.74 Å². The number of aromatic amines is 1. The van der Waals surface area contributed by atoms with Crippen LogP contribution in [0.3, 0.4) is 0 Å². The molecule has 2 N–H and O–H groups in total. The first-order chi connectivity index (χ1) is 11.1. The molecule has 2 heterocycles. The minimum Gasteiger partial charge on any atom is -0.494 e. The van der Waals surface area contributed by atoms with Crippen molar-refractivity contribution in [3.05, 3.63) is 30.0 Å². The Balaban J connectivity index is 1.89. The van der Waals surface area contributed by atoms with Crippen LogP contribution in [0.15, 0.2) is 24.3 Å². The molecule has 1 saturated heterocycles. The summed E-state index contributed by atoms with van der Waals surface area (Å²) in [5.41, 5.74) is 1.23. The summed E-state index contributed by atoms with van der Waals surface area (Å²) < 4.78 is 5.46. The molecule has 122 valence electrons. The summed E-state index contributed by atoms with van der Waals surface area (Å²) in [7, 11) is 0. The second kappa shape index (κ2) is 6.32. The molecule has 0 saturated carbocycles. The highest BCUT2D eigenvalue weighted by atomic mass is 16.5. The maximum absolute atomic E-state index is 12.7. The third-order valence-electron chi connectivity index (χ3n) is 4.18. The summed E-state index contributed by atoms with van der Waals surface area (Å²) in [4.78, 5) is 28.6. The number of rotatable bonds is 4. The number of nitrogens with one attached hydrogen (secondary N) is 1.